The van der Waals surface area contributed by atoms with Crippen LogP contribution in [-0.4, -0.2) is 63.4 Å². The van der Waals surface area contributed by atoms with Gasteiger partial charge in [-0.25, -0.2) is 0 Å². The van der Waals surface area contributed by atoms with Crippen LogP contribution >= 0.6 is 0 Å². The molecule has 0 aromatic heterocycles. The summed E-state index contributed by atoms with van der Waals surface area (Å²) in [7, 11) is 0. The van der Waals surface area contributed by atoms with E-state index in [2.05, 4.69) is 39.0 Å². The van der Waals surface area contributed by atoms with Crippen molar-refractivity contribution in [1.29, 1.82) is 0 Å². The Balaban J connectivity index is 1.43. The molecule has 218 valence electrons. The van der Waals surface area contributed by atoms with E-state index in [-0.39, 0.29) is 11.6 Å². The van der Waals surface area contributed by atoms with Crippen LogP contribution in [0.1, 0.15) is 10.4 Å². The Morgan fingerprint density at radius 3 is 1.74 bits per heavy atom. The molecule has 3 aliphatic heterocycles. The summed E-state index contributed by atoms with van der Waals surface area (Å²) < 4.78 is 11.2. The van der Waals surface area contributed by atoms with Gasteiger partial charge in [-0.05, 0) is 60.7 Å². The van der Waals surface area contributed by atoms with Crippen LogP contribution in [0.4, 0.5) is 45.5 Å². The number of ether oxygens (including phenoxy) is 2. The first kappa shape index (κ1) is 26.9. The van der Waals surface area contributed by atoms with Gasteiger partial charge in [-0.2, -0.15) is 0 Å². The number of fused-ring (bicyclic) bond motifs is 2. The van der Waals surface area contributed by atoms with Crippen molar-refractivity contribution in [3.8, 4) is 0 Å². The molecule has 2 fully saturated rings. The highest BCUT2D eigenvalue weighted by Gasteiger charge is 2.35. The number of nitro benzene ring substituents is 1. The number of hydrogen-bond acceptors (Lipinski definition) is 8. The van der Waals surface area contributed by atoms with Gasteiger partial charge in [-0.1, -0.05) is 18.2 Å². The molecule has 7 rings (SSSR count). The topological polar surface area (TPSA) is 91.6 Å². The molecule has 10 nitrogen and oxygen atoms in total. The van der Waals surface area contributed by atoms with E-state index in [1.54, 1.807) is 17.0 Å². The van der Waals surface area contributed by atoms with Crippen molar-refractivity contribution in [2.45, 2.75) is 0 Å². The van der Waals surface area contributed by atoms with E-state index in [0.717, 1.165) is 66.0 Å². The number of anilines is 7. The van der Waals surface area contributed by atoms with Crippen molar-refractivity contribution in [2.24, 2.45) is 0 Å². The zero-order chi connectivity index (χ0) is 29.3. The molecular formula is C33H31N5O5. The van der Waals surface area contributed by atoms with Crippen molar-refractivity contribution < 1.29 is 19.2 Å². The van der Waals surface area contributed by atoms with Crippen LogP contribution in [0, 0.1) is 10.1 Å². The Morgan fingerprint density at radius 1 is 0.628 bits per heavy atom. The average Bonchev–Trinajstić information content (AvgIpc) is 3.07. The molecule has 43 heavy (non-hydrogen) atoms. The monoisotopic (exact) mass is 577 g/mol. The Labute approximate surface area is 249 Å². The Kier molecular flexibility index (Phi) is 7.14. The number of hydrogen-bond donors (Lipinski definition) is 0. The predicted octanol–water partition coefficient (Wildman–Crippen LogP) is 6.03. The normalized spacial score (nSPS) is 16.5. The molecule has 0 aliphatic carbocycles. The van der Waals surface area contributed by atoms with Crippen LogP contribution in [0.25, 0.3) is 0 Å². The van der Waals surface area contributed by atoms with Gasteiger partial charge in [0.1, 0.15) is 0 Å². The largest absolute Gasteiger partial charge is 0.378 e. The second-order valence-corrected chi connectivity index (χ2v) is 10.7. The van der Waals surface area contributed by atoms with Crippen molar-refractivity contribution in [1.82, 2.24) is 0 Å². The Morgan fingerprint density at radius 2 is 1.16 bits per heavy atom. The highest BCUT2D eigenvalue weighted by atomic mass is 16.6. The number of rotatable bonds is 5. The van der Waals surface area contributed by atoms with E-state index < -0.39 is 4.92 Å². The standard InChI is InChI=1S/C33H31N5O5/c39-33(24-4-2-1-3-5-24)37-30-13-11-27(34-14-18-42-19-15-34)22-31(30)36(25-6-8-26(9-7-25)38(40)41)29-12-10-28(23-32(29)37)35-16-20-43-21-17-35/h1-13,22-23H,14-21H2. The van der Waals surface area contributed by atoms with Crippen LogP contribution < -0.4 is 19.6 Å². The maximum Gasteiger partial charge on any atom is 0.269 e. The molecule has 0 bridgehead atoms. The number of nitro groups is 1. The molecule has 10 heteroatoms. The lowest BCUT2D eigenvalue weighted by atomic mass is 10.0. The van der Waals surface area contributed by atoms with Crippen molar-refractivity contribution >= 4 is 51.4 Å². The van der Waals surface area contributed by atoms with Crippen LogP contribution in [0.15, 0.2) is 91.0 Å². The van der Waals surface area contributed by atoms with Crippen LogP contribution in [-0.2, 0) is 9.47 Å². The summed E-state index contributed by atoms with van der Waals surface area (Å²) in [5.74, 6) is -0.135. The third-order valence-electron chi connectivity index (χ3n) is 8.18. The van der Waals surface area contributed by atoms with Gasteiger partial charge in [0.25, 0.3) is 11.6 Å². The molecule has 0 unspecified atom stereocenters. The molecule has 0 saturated carbocycles. The zero-order valence-corrected chi connectivity index (χ0v) is 23.6. The van der Waals surface area contributed by atoms with Crippen LogP contribution in [0.5, 0.6) is 0 Å². The first-order valence-corrected chi connectivity index (χ1v) is 14.5. The molecule has 0 spiro atoms. The minimum atomic E-state index is -0.396. The first-order valence-electron chi connectivity index (χ1n) is 14.5. The molecule has 4 aromatic rings. The maximum absolute atomic E-state index is 14.3. The number of morpholine rings is 2. The summed E-state index contributed by atoms with van der Waals surface area (Å²) in [6, 6.07) is 28.2. The lowest BCUT2D eigenvalue weighted by Crippen LogP contribution is -2.37. The number of benzene rings is 4. The highest BCUT2D eigenvalue weighted by Crippen LogP contribution is 2.53. The summed E-state index contributed by atoms with van der Waals surface area (Å²) >= 11 is 0. The first-order chi connectivity index (χ1) is 21.1. The maximum atomic E-state index is 14.3. The molecular weight excluding hydrogens is 546 g/mol. The predicted molar refractivity (Wildman–Crippen MR) is 167 cm³/mol. The van der Waals surface area contributed by atoms with Gasteiger partial charge in [-0.15, -0.1) is 0 Å². The number of carbonyl (C=O) groups is 1. The minimum absolute atomic E-state index is 0.0202. The summed E-state index contributed by atoms with van der Waals surface area (Å²) in [5.41, 5.74) is 6.48. The third-order valence-corrected chi connectivity index (χ3v) is 8.18. The van der Waals surface area contributed by atoms with E-state index >= 15 is 0 Å². The fourth-order valence-electron chi connectivity index (χ4n) is 5.99. The molecule has 0 atom stereocenters. The summed E-state index contributed by atoms with van der Waals surface area (Å²) in [6.07, 6.45) is 0. The average molecular weight is 578 g/mol. The third kappa shape index (κ3) is 5.04. The number of nitrogens with zero attached hydrogens (tertiary/aromatic N) is 5. The second kappa shape index (κ2) is 11.4. The van der Waals surface area contributed by atoms with Crippen molar-refractivity contribution in [3.05, 3.63) is 107 Å². The van der Waals surface area contributed by atoms with Gasteiger partial charge in [0, 0.05) is 60.9 Å². The SMILES string of the molecule is O=C(c1ccccc1)N1c2cc(N3CCOCC3)ccc2N(c2ccc([N+](=O)[O-])cc2)c2cc(N3CCOCC3)ccc21. The quantitative estimate of drug-likeness (QED) is 0.210. The van der Waals surface area contributed by atoms with Gasteiger partial charge in [-0.3, -0.25) is 19.8 Å². The summed E-state index contributed by atoms with van der Waals surface area (Å²) in [5, 5.41) is 11.5. The van der Waals surface area contributed by atoms with E-state index in [9.17, 15) is 14.9 Å². The Bertz CT molecular complexity index is 1650. The number of carbonyl (C=O) groups excluding carboxylic acids is 1. The highest BCUT2D eigenvalue weighted by molar-refractivity contribution is 6.18. The molecule has 4 aromatic carbocycles. The van der Waals surface area contributed by atoms with Gasteiger partial charge in [0.15, 0.2) is 0 Å². The van der Waals surface area contributed by atoms with E-state index in [4.69, 9.17) is 9.47 Å². The number of non-ortho nitro benzene ring substituents is 1. The van der Waals surface area contributed by atoms with Crippen LogP contribution in [0.3, 0.4) is 0 Å². The lowest BCUT2D eigenvalue weighted by Gasteiger charge is -2.41. The van der Waals surface area contributed by atoms with E-state index in [1.165, 1.54) is 12.1 Å². The molecule has 1 amide bonds. The molecule has 3 heterocycles. The molecule has 2 saturated heterocycles. The zero-order valence-electron chi connectivity index (χ0n) is 23.6. The van der Waals surface area contributed by atoms with Gasteiger partial charge < -0.3 is 24.2 Å². The number of amides is 1. The fraction of sp³-hybridized carbons (Fsp3) is 0.242. The smallest absolute Gasteiger partial charge is 0.269 e. The van der Waals surface area contributed by atoms with Crippen LogP contribution in [0.2, 0.25) is 0 Å². The van der Waals surface area contributed by atoms with Crippen molar-refractivity contribution in [2.75, 3.05) is 72.2 Å². The van der Waals surface area contributed by atoms with E-state index in [1.807, 2.05) is 42.5 Å². The summed E-state index contributed by atoms with van der Waals surface area (Å²) in [4.78, 5) is 33.8. The second-order valence-electron chi connectivity index (χ2n) is 10.7. The lowest BCUT2D eigenvalue weighted by molar-refractivity contribution is -0.384. The molecule has 0 radical (unpaired) electrons. The van der Waals surface area contributed by atoms with Gasteiger partial charge in [0.2, 0.25) is 0 Å². The minimum Gasteiger partial charge on any atom is -0.378 e. The Hall–Kier alpha value is -4.93. The summed E-state index contributed by atoms with van der Waals surface area (Å²) in [6.45, 7) is 5.64. The van der Waals surface area contributed by atoms with E-state index in [0.29, 0.717) is 32.0 Å². The molecule has 0 N–H and O–H groups in total. The van der Waals surface area contributed by atoms with Gasteiger partial charge in [0.05, 0.1) is 54.1 Å². The molecule has 3 aliphatic rings. The van der Waals surface area contributed by atoms with Crippen molar-refractivity contribution in [3.63, 3.8) is 0 Å². The fourth-order valence-corrected chi connectivity index (χ4v) is 5.99. The van der Waals surface area contributed by atoms with Gasteiger partial charge >= 0.3 is 0 Å².